The van der Waals surface area contributed by atoms with E-state index in [-0.39, 0.29) is 11.7 Å². The Morgan fingerprint density at radius 1 is 1.04 bits per heavy atom. The Hall–Kier alpha value is -2.77. The molecule has 0 saturated heterocycles. The lowest BCUT2D eigenvalue weighted by Crippen LogP contribution is -2.11. The number of carbonyl (C=O) groups excluding carboxylic acids is 1. The van der Waals surface area contributed by atoms with Gasteiger partial charge in [-0.3, -0.25) is 10.1 Å². The first kappa shape index (κ1) is 17.6. The van der Waals surface area contributed by atoms with Gasteiger partial charge in [-0.05, 0) is 29.1 Å². The van der Waals surface area contributed by atoms with Gasteiger partial charge >= 0.3 is 0 Å². The zero-order valence-electron chi connectivity index (χ0n) is 14.5. The van der Waals surface area contributed by atoms with Crippen molar-refractivity contribution in [3.05, 3.63) is 71.8 Å². The number of nitrogens with one attached hydrogen (secondary N) is 1. The first-order valence-electron chi connectivity index (χ1n) is 8.25. The van der Waals surface area contributed by atoms with Gasteiger partial charge in [-0.25, -0.2) is 13.4 Å². The van der Waals surface area contributed by atoms with E-state index in [0.717, 1.165) is 21.0 Å². The monoisotopic (exact) mass is 396 g/mol. The fourth-order valence-electron chi connectivity index (χ4n) is 2.94. The maximum atomic E-state index is 12.5. The second-order valence-corrected chi connectivity index (χ2v) is 9.54. The van der Waals surface area contributed by atoms with E-state index < -0.39 is 9.84 Å². The third-order valence-corrected chi connectivity index (χ3v) is 5.94. The number of benzene rings is 3. The Balaban J connectivity index is 1.58. The predicted molar refractivity (Wildman–Crippen MR) is 110 cm³/mol. The van der Waals surface area contributed by atoms with Crippen molar-refractivity contribution >= 4 is 53.2 Å². The summed E-state index contributed by atoms with van der Waals surface area (Å²) in [4.78, 5) is 17.1. The predicted octanol–water partition coefficient (Wildman–Crippen LogP) is 4.25. The van der Waals surface area contributed by atoms with E-state index in [1.807, 2.05) is 36.4 Å². The molecule has 1 amide bonds. The summed E-state index contributed by atoms with van der Waals surface area (Å²) in [6, 6.07) is 18.6. The third kappa shape index (κ3) is 3.84. The highest BCUT2D eigenvalue weighted by Crippen LogP contribution is 2.31. The average molecular weight is 396 g/mol. The van der Waals surface area contributed by atoms with Crippen molar-refractivity contribution in [3.8, 4) is 0 Å². The molecule has 1 aromatic heterocycles. The van der Waals surface area contributed by atoms with Crippen LogP contribution >= 0.6 is 11.3 Å². The second-order valence-electron chi connectivity index (χ2n) is 6.37. The Labute approximate surface area is 160 Å². The van der Waals surface area contributed by atoms with Gasteiger partial charge in [0.05, 0.1) is 16.0 Å². The van der Waals surface area contributed by atoms with Crippen LogP contribution in [0.25, 0.3) is 21.0 Å². The molecule has 27 heavy (non-hydrogen) atoms. The van der Waals surface area contributed by atoms with Gasteiger partial charge in [-0.15, -0.1) is 0 Å². The van der Waals surface area contributed by atoms with Crippen LogP contribution in [0.3, 0.4) is 0 Å². The molecule has 4 aromatic rings. The molecule has 0 atom stereocenters. The number of amides is 1. The third-order valence-electron chi connectivity index (χ3n) is 4.15. The van der Waals surface area contributed by atoms with Crippen molar-refractivity contribution in [1.29, 1.82) is 0 Å². The standard InChI is InChI=1S/C20H16N2O3S2/c1-27(24,25)12-13-6-8-15(9-7-13)19(23)22-20-21-18-16-5-3-2-4-14(16)10-11-17(18)26-20/h2-11H,12H2,1H3,(H,21,22,23). The summed E-state index contributed by atoms with van der Waals surface area (Å²) >= 11 is 1.42. The number of fused-ring (bicyclic) bond motifs is 3. The number of hydrogen-bond donors (Lipinski definition) is 1. The van der Waals surface area contributed by atoms with E-state index in [9.17, 15) is 13.2 Å². The zero-order chi connectivity index (χ0) is 19.0. The van der Waals surface area contributed by atoms with E-state index in [4.69, 9.17) is 0 Å². The summed E-state index contributed by atoms with van der Waals surface area (Å²) in [7, 11) is -3.10. The largest absolute Gasteiger partial charge is 0.298 e. The van der Waals surface area contributed by atoms with Crippen LogP contribution in [0.4, 0.5) is 5.13 Å². The van der Waals surface area contributed by atoms with Gasteiger partial charge < -0.3 is 0 Å². The van der Waals surface area contributed by atoms with Crippen LogP contribution in [-0.2, 0) is 15.6 Å². The molecular formula is C20H16N2O3S2. The lowest BCUT2D eigenvalue weighted by atomic mass is 10.1. The van der Waals surface area contributed by atoms with E-state index >= 15 is 0 Å². The highest BCUT2D eigenvalue weighted by Gasteiger charge is 2.12. The number of rotatable bonds is 4. The summed E-state index contributed by atoms with van der Waals surface area (Å²) in [6.45, 7) is 0. The maximum absolute atomic E-state index is 12.5. The smallest absolute Gasteiger partial charge is 0.257 e. The Kier molecular flexibility index (Phi) is 4.41. The van der Waals surface area contributed by atoms with Gasteiger partial charge in [0, 0.05) is 17.2 Å². The molecule has 5 nitrogen and oxygen atoms in total. The molecule has 136 valence electrons. The first-order chi connectivity index (χ1) is 12.9. The quantitative estimate of drug-likeness (QED) is 0.560. The van der Waals surface area contributed by atoms with E-state index in [1.54, 1.807) is 24.3 Å². The zero-order valence-corrected chi connectivity index (χ0v) is 16.1. The highest BCUT2D eigenvalue weighted by molar-refractivity contribution is 7.89. The second kappa shape index (κ2) is 6.75. The molecule has 4 rings (SSSR count). The molecule has 3 aromatic carbocycles. The van der Waals surface area contributed by atoms with Crippen molar-refractivity contribution < 1.29 is 13.2 Å². The summed E-state index contributed by atoms with van der Waals surface area (Å²) in [5, 5.41) is 5.52. The molecule has 0 fully saturated rings. The molecule has 0 aliphatic carbocycles. The lowest BCUT2D eigenvalue weighted by Gasteiger charge is -2.03. The maximum Gasteiger partial charge on any atom is 0.257 e. The van der Waals surface area contributed by atoms with E-state index in [1.165, 1.54) is 17.6 Å². The Morgan fingerprint density at radius 3 is 2.52 bits per heavy atom. The Bertz CT molecular complexity index is 1260. The molecule has 0 unspecified atom stereocenters. The van der Waals surface area contributed by atoms with Crippen molar-refractivity contribution in [2.24, 2.45) is 0 Å². The van der Waals surface area contributed by atoms with Crippen LogP contribution < -0.4 is 5.32 Å². The van der Waals surface area contributed by atoms with E-state index in [2.05, 4.69) is 10.3 Å². The first-order valence-corrected chi connectivity index (χ1v) is 11.1. The molecule has 1 N–H and O–H groups in total. The lowest BCUT2D eigenvalue weighted by molar-refractivity contribution is 0.102. The van der Waals surface area contributed by atoms with Crippen LogP contribution in [0.1, 0.15) is 15.9 Å². The molecule has 0 saturated carbocycles. The SMILES string of the molecule is CS(=O)(=O)Cc1ccc(C(=O)Nc2nc3c(ccc4ccccc43)s2)cc1. The summed E-state index contributed by atoms with van der Waals surface area (Å²) < 4.78 is 23.7. The number of thiazole rings is 1. The molecule has 1 heterocycles. The van der Waals surface area contributed by atoms with Crippen LogP contribution in [0, 0.1) is 0 Å². The molecule has 0 spiro atoms. The summed E-state index contributed by atoms with van der Waals surface area (Å²) in [5.41, 5.74) is 1.98. The fraction of sp³-hybridized carbons (Fsp3) is 0.100. The van der Waals surface area contributed by atoms with Crippen molar-refractivity contribution in [3.63, 3.8) is 0 Å². The molecule has 0 radical (unpaired) electrons. The summed E-state index contributed by atoms with van der Waals surface area (Å²) in [6.07, 6.45) is 1.18. The van der Waals surface area contributed by atoms with E-state index in [0.29, 0.717) is 16.3 Å². The van der Waals surface area contributed by atoms with Gasteiger partial charge in [0.2, 0.25) is 0 Å². The highest BCUT2D eigenvalue weighted by atomic mass is 32.2. The molecule has 0 aliphatic heterocycles. The van der Waals surface area contributed by atoms with Gasteiger partial charge in [-0.1, -0.05) is 53.8 Å². The van der Waals surface area contributed by atoms with Crippen LogP contribution in [0.15, 0.2) is 60.7 Å². The van der Waals surface area contributed by atoms with Gasteiger partial charge in [-0.2, -0.15) is 0 Å². The van der Waals surface area contributed by atoms with Crippen molar-refractivity contribution in [2.75, 3.05) is 11.6 Å². The van der Waals surface area contributed by atoms with Gasteiger partial charge in [0.25, 0.3) is 5.91 Å². The van der Waals surface area contributed by atoms with Gasteiger partial charge in [0.15, 0.2) is 15.0 Å². The number of nitrogens with zero attached hydrogens (tertiary/aromatic N) is 1. The van der Waals surface area contributed by atoms with Gasteiger partial charge in [0.1, 0.15) is 0 Å². The normalized spacial score (nSPS) is 11.7. The minimum atomic E-state index is -3.10. The van der Waals surface area contributed by atoms with Crippen LogP contribution in [0.5, 0.6) is 0 Å². The fourth-order valence-corrected chi connectivity index (χ4v) is 4.61. The Morgan fingerprint density at radius 2 is 1.78 bits per heavy atom. The minimum absolute atomic E-state index is 0.0418. The van der Waals surface area contributed by atoms with Crippen molar-refractivity contribution in [1.82, 2.24) is 4.98 Å². The molecule has 0 bridgehead atoms. The topological polar surface area (TPSA) is 76.1 Å². The number of aromatic nitrogens is 1. The summed E-state index contributed by atoms with van der Waals surface area (Å²) in [5.74, 6) is -0.316. The molecular weight excluding hydrogens is 380 g/mol. The number of sulfone groups is 1. The van der Waals surface area contributed by atoms with Crippen LogP contribution in [-0.4, -0.2) is 25.6 Å². The number of anilines is 1. The molecule has 7 heteroatoms. The average Bonchev–Trinajstić information content (AvgIpc) is 3.04. The minimum Gasteiger partial charge on any atom is -0.298 e. The number of hydrogen-bond acceptors (Lipinski definition) is 5. The molecule has 0 aliphatic rings. The van der Waals surface area contributed by atoms with Crippen molar-refractivity contribution in [2.45, 2.75) is 5.75 Å². The number of carbonyl (C=O) groups is 1. The van der Waals surface area contributed by atoms with Crippen LogP contribution in [0.2, 0.25) is 0 Å².